The molecular weight excluding hydrogens is 166 g/mol. The second-order valence-corrected chi connectivity index (χ2v) is 4.31. The van der Waals surface area contributed by atoms with Crippen molar-refractivity contribution < 1.29 is 9.53 Å². The fourth-order valence-electron chi connectivity index (χ4n) is 1.82. The standard InChI is InChI=1S/C10H19NO2/c1-10(2,13-9-12)8-11-6-4-3-5-7-11/h9H,3-8H2,1-2H3. The first kappa shape index (κ1) is 10.5. The van der Waals surface area contributed by atoms with E-state index in [0.29, 0.717) is 6.47 Å². The van der Waals surface area contributed by atoms with Gasteiger partial charge in [-0.2, -0.15) is 0 Å². The van der Waals surface area contributed by atoms with Crippen LogP contribution in [0.1, 0.15) is 33.1 Å². The predicted molar refractivity (Wildman–Crippen MR) is 51.5 cm³/mol. The second-order valence-electron chi connectivity index (χ2n) is 4.31. The van der Waals surface area contributed by atoms with E-state index in [-0.39, 0.29) is 5.60 Å². The average Bonchev–Trinajstić information content (AvgIpc) is 2.04. The monoisotopic (exact) mass is 185 g/mol. The van der Waals surface area contributed by atoms with E-state index in [9.17, 15) is 4.79 Å². The van der Waals surface area contributed by atoms with E-state index in [1.165, 1.54) is 19.3 Å². The highest BCUT2D eigenvalue weighted by Gasteiger charge is 2.23. The van der Waals surface area contributed by atoms with Gasteiger partial charge in [-0.05, 0) is 39.8 Å². The maximum absolute atomic E-state index is 10.2. The molecule has 1 rings (SSSR count). The zero-order chi connectivity index (χ0) is 9.73. The number of likely N-dealkylation sites (tertiary alicyclic amines) is 1. The molecule has 1 aliphatic rings. The maximum Gasteiger partial charge on any atom is 0.293 e. The van der Waals surface area contributed by atoms with Gasteiger partial charge in [0, 0.05) is 6.54 Å². The van der Waals surface area contributed by atoms with Crippen LogP contribution < -0.4 is 0 Å². The molecule has 0 saturated carbocycles. The molecule has 0 bridgehead atoms. The van der Waals surface area contributed by atoms with Gasteiger partial charge < -0.3 is 4.74 Å². The van der Waals surface area contributed by atoms with Crippen LogP contribution in [0.3, 0.4) is 0 Å². The molecular formula is C10H19NO2. The molecule has 1 aliphatic heterocycles. The van der Waals surface area contributed by atoms with Crippen molar-refractivity contribution in [2.24, 2.45) is 0 Å². The van der Waals surface area contributed by atoms with E-state index in [1.807, 2.05) is 13.8 Å². The van der Waals surface area contributed by atoms with Crippen molar-refractivity contribution in [3.63, 3.8) is 0 Å². The first-order chi connectivity index (χ1) is 6.14. The lowest BCUT2D eigenvalue weighted by atomic mass is 10.1. The molecule has 13 heavy (non-hydrogen) atoms. The third kappa shape index (κ3) is 3.77. The van der Waals surface area contributed by atoms with Gasteiger partial charge in [-0.3, -0.25) is 9.69 Å². The number of nitrogens with zero attached hydrogens (tertiary/aromatic N) is 1. The summed E-state index contributed by atoms with van der Waals surface area (Å²) in [4.78, 5) is 12.6. The van der Waals surface area contributed by atoms with E-state index >= 15 is 0 Å². The quantitative estimate of drug-likeness (QED) is 0.620. The molecule has 1 heterocycles. The van der Waals surface area contributed by atoms with Crippen LogP contribution in [0.4, 0.5) is 0 Å². The van der Waals surface area contributed by atoms with Gasteiger partial charge in [-0.25, -0.2) is 0 Å². The lowest BCUT2D eigenvalue weighted by Crippen LogP contribution is -2.42. The molecule has 0 aliphatic carbocycles. The number of hydrogen-bond donors (Lipinski definition) is 0. The van der Waals surface area contributed by atoms with Crippen LogP contribution in [0.5, 0.6) is 0 Å². The summed E-state index contributed by atoms with van der Waals surface area (Å²) in [6.07, 6.45) is 3.89. The van der Waals surface area contributed by atoms with Gasteiger partial charge in [-0.1, -0.05) is 6.42 Å². The van der Waals surface area contributed by atoms with Crippen LogP contribution in [-0.4, -0.2) is 36.6 Å². The molecule has 0 aromatic rings. The van der Waals surface area contributed by atoms with E-state index in [1.54, 1.807) is 0 Å². The smallest absolute Gasteiger partial charge is 0.293 e. The molecule has 0 atom stereocenters. The molecule has 0 aromatic heterocycles. The zero-order valence-corrected chi connectivity index (χ0v) is 8.58. The molecule has 0 amide bonds. The Morgan fingerprint density at radius 2 is 1.92 bits per heavy atom. The molecule has 0 aromatic carbocycles. The Bertz CT molecular complexity index is 162. The molecule has 0 unspecified atom stereocenters. The number of carbonyl (C=O) groups excluding carboxylic acids is 1. The van der Waals surface area contributed by atoms with Crippen molar-refractivity contribution in [1.29, 1.82) is 0 Å². The average molecular weight is 185 g/mol. The number of rotatable bonds is 4. The van der Waals surface area contributed by atoms with Crippen molar-refractivity contribution in [3.05, 3.63) is 0 Å². The van der Waals surface area contributed by atoms with Gasteiger partial charge in [0.1, 0.15) is 5.60 Å². The summed E-state index contributed by atoms with van der Waals surface area (Å²) in [5.74, 6) is 0. The van der Waals surface area contributed by atoms with Crippen LogP contribution in [-0.2, 0) is 9.53 Å². The number of carbonyl (C=O) groups is 1. The third-order valence-corrected chi connectivity index (χ3v) is 2.42. The van der Waals surface area contributed by atoms with Gasteiger partial charge >= 0.3 is 0 Å². The fraction of sp³-hybridized carbons (Fsp3) is 0.900. The Kier molecular flexibility index (Phi) is 3.72. The number of ether oxygens (including phenoxy) is 1. The van der Waals surface area contributed by atoms with Crippen molar-refractivity contribution >= 4 is 6.47 Å². The maximum atomic E-state index is 10.2. The van der Waals surface area contributed by atoms with E-state index in [0.717, 1.165) is 19.6 Å². The molecule has 76 valence electrons. The minimum Gasteiger partial charge on any atom is -0.461 e. The van der Waals surface area contributed by atoms with Gasteiger partial charge in [0.2, 0.25) is 0 Å². The van der Waals surface area contributed by atoms with Gasteiger partial charge in [0.15, 0.2) is 0 Å². The number of hydrogen-bond acceptors (Lipinski definition) is 3. The first-order valence-electron chi connectivity index (χ1n) is 4.98. The molecule has 1 saturated heterocycles. The Labute approximate surface area is 80.1 Å². The molecule has 3 heteroatoms. The van der Waals surface area contributed by atoms with Crippen LogP contribution >= 0.6 is 0 Å². The summed E-state index contributed by atoms with van der Waals surface area (Å²) in [6, 6.07) is 0. The summed E-state index contributed by atoms with van der Waals surface area (Å²) < 4.78 is 5.01. The zero-order valence-electron chi connectivity index (χ0n) is 8.58. The fourth-order valence-corrected chi connectivity index (χ4v) is 1.82. The van der Waals surface area contributed by atoms with Crippen LogP contribution in [0.15, 0.2) is 0 Å². The highest BCUT2D eigenvalue weighted by Crippen LogP contribution is 2.15. The molecule has 0 spiro atoms. The summed E-state index contributed by atoms with van der Waals surface area (Å²) in [7, 11) is 0. The SMILES string of the molecule is CC(C)(CN1CCCCC1)OC=O. The van der Waals surface area contributed by atoms with E-state index < -0.39 is 0 Å². The molecule has 1 fully saturated rings. The summed E-state index contributed by atoms with van der Waals surface area (Å²) in [6.45, 7) is 7.60. The van der Waals surface area contributed by atoms with E-state index in [4.69, 9.17) is 4.74 Å². The summed E-state index contributed by atoms with van der Waals surface area (Å²) in [5, 5.41) is 0. The largest absolute Gasteiger partial charge is 0.461 e. The molecule has 0 N–H and O–H groups in total. The molecule has 3 nitrogen and oxygen atoms in total. The van der Waals surface area contributed by atoms with Crippen molar-refractivity contribution in [3.8, 4) is 0 Å². The second kappa shape index (κ2) is 4.61. The van der Waals surface area contributed by atoms with E-state index in [2.05, 4.69) is 4.90 Å². The minimum absolute atomic E-state index is 0.334. The van der Waals surface area contributed by atoms with Crippen LogP contribution in [0, 0.1) is 0 Å². The van der Waals surface area contributed by atoms with Crippen LogP contribution in [0.2, 0.25) is 0 Å². The lowest BCUT2D eigenvalue weighted by Gasteiger charge is -2.33. The van der Waals surface area contributed by atoms with Crippen LogP contribution in [0.25, 0.3) is 0 Å². The lowest BCUT2D eigenvalue weighted by molar-refractivity contribution is -0.142. The third-order valence-electron chi connectivity index (χ3n) is 2.42. The normalized spacial score (nSPS) is 19.8. The Morgan fingerprint density at radius 3 is 2.46 bits per heavy atom. The predicted octanol–water partition coefficient (Wildman–Crippen LogP) is 1.42. The van der Waals surface area contributed by atoms with Crippen molar-refractivity contribution in [2.75, 3.05) is 19.6 Å². The Hall–Kier alpha value is -0.570. The Balaban J connectivity index is 2.32. The Morgan fingerprint density at radius 1 is 1.31 bits per heavy atom. The summed E-state index contributed by atoms with van der Waals surface area (Å²) in [5.41, 5.74) is -0.334. The van der Waals surface area contributed by atoms with Crippen molar-refractivity contribution in [1.82, 2.24) is 4.90 Å². The van der Waals surface area contributed by atoms with Gasteiger partial charge in [-0.15, -0.1) is 0 Å². The van der Waals surface area contributed by atoms with Gasteiger partial charge in [0.05, 0.1) is 0 Å². The number of piperidine rings is 1. The minimum atomic E-state index is -0.334. The van der Waals surface area contributed by atoms with Gasteiger partial charge in [0.25, 0.3) is 6.47 Å². The topological polar surface area (TPSA) is 29.5 Å². The molecule has 0 radical (unpaired) electrons. The highest BCUT2D eigenvalue weighted by atomic mass is 16.5. The van der Waals surface area contributed by atoms with Crippen molar-refractivity contribution in [2.45, 2.75) is 38.7 Å². The summed E-state index contributed by atoms with van der Waals surface area (Å²) >= 11 is 0. The highest BCUT2D eigenvalue weighted by molar-refractivity contribution is 5.38. The first-order valence-corrected chi connectivity index (χ1v) is 4.98.